The van der Waals surface area contributed by atoms with Crippen molar-refractivity contribution in [2.24, 2.45) is 34.5 Å². The van der Waals surface area contributed by atoms with Gasteiger partial charge in [-0.1, -0.05) is 20.3 Å². The van der Waals surface area contributed by atoms with E-state index >= 15 is 0 Å². The first-order chi connectivity index (χ1) is 10.4. The van der Waals surface area contributed by atoms with E-state index in [4.69, 9.17) is 0 Å². The van der Waals surface area contributed by atoms with Crippen LogP contribution in [-0.2, 0) is 0 Å². The van der Waals surface area contributed by atoms with Crippen LogP contribution in [0.3, 0.4) is 0 Å². The van der Waals surface area contributed by atoms with E-state index in [9.17, 15) is 10.2 Å². The third-order valence-corrected chi connectivity index (χ3v) is 8.83. The van der Waals surface area contributed by atoms with E-state index in [0.29, 0.717) is 5.41 Å². The minimum Gasteiger partial charge on any atom is -0.393 e. The summed E-state index contributed by atoms with van der Waals surface area (Å²) in [6.45, 7) is 4.93. The van der Waals surface area contributed by atoms with E-state index in [0.717, 1.165) is 42.9 Å². The summed E-state index contributed by atoms with van der Waals surface area (Å²) >= 11 is 0. The summed E-state index contributed by atoms with van der Waals surface area (Å²) < 4.78 is 0. The van der Waals surface area contributed by atoms with Crippen molar-refractivity contribution in [3.05, 3.63) is 0 Å². The topological polar surface area (TPSA) is 40.5 Å². The summed E-state index contributed by atoms with van der Waals surface area (Å²) in [7, 11) is 0. The molecule has 4 aliphatic carbocycles. The summed E-state index contributed by atoms with van der Waals surface area (Å²) in [4.78, 5) is 0. The van der Waals surface area contributed by atoms with Crippen LogP contribution in [0.5, 0.6) is 0 Å². The molecule has 0 aromatic carbocycles. The van der Waals surface area contributed by atoms with Gasteiger partial charge in [-0.15, -0.1) is 0 Å². The molecule has 0 aromatic rings. The quantitative estimate of drug-likeness (QED) is 0.706. The fourth-order valence-corrected chi connectivity index (χ4v) is 7.40. The van der Waals surface area contributed by atoms with Gasteiger partial charge in [0.05, 0.1) is 12.2 Å². The van der Waals surface area contributed by atoms with Crippen LogP contribution in [-0.4, -0.2) is 22.4 Å². The second-order valence-corrected chi connectivity index (χ2v) is 9.58. The van der Waals surface area contributed by atoms with Gasteiger partial charge < -0.3 is 10.2 Å². The first-order valence-corrected chi connectivity index (χ1v) is 9.81. The normalized spacial score (nSPS) is 58.4. The minimum atomic E-state index is -0.0640. The van der Waals surface area contributed by atoms with Crippen molar-refractivity contribution < 1.29 is 10.2 Å². The van der Waals surface area contributed by atoms with Crippen LogP contribution in [0.15, 0.2) is 0 Å². The largest absolute Gasteiger partial charge is 0.393 e. The van der Waals surface area contributed by atoms with Crippen molar-refractivity contribution >= 4 is 0 Å². The molecule has 0 radical (unpaired) electrons. The standard InChI is InChI=1S/C20H34O2/c1-19-10-8-14(21)12-13(19)6-7-15-16-4-3-5-18(22)20(16,2)11-9-17(15)19/h13-18,21-22H,3-12H2,1-2H3/t13-,14+,15-,16+,17-,18-,19+,20+/m0/s1. The van der Waals surface area contributed by atoms with Gasteiger partial charge in [0, 0.05) is 0 Å². The van der Waals surface area contributed by atoms with Crippen molar-refractivity contribution in [2.75, 3.05) is 0 Å². The lowest BCUT2D eigenvalue weighted by Crippen LogP contribution is -2.57. The summed E-state index contributed by atoms with van der Waals surface area (Å²) in [5, 5.41) is 20.7. The maximum Gasteiger partial charge on any atom is 0.0596 e. The Morgan fingerprint density at radius 1 is 0.773 bits per heavy atom. The third kappa shape index (κ3) is 2.05. The molecule has 0 bridgehead atoms. The molecule has 0 saturated heterocycles. The van der Waals surface area contributed by atoms with Crippen LogP contribution in [0.25, 0.3) is 0 Å². The number of rotatable bonds is 0. The lowest BCUT2D eigenvalue weighted by molar-refractivity contribution is -0.165. The molecule has 0 amide bonds. The van der Waals surface area contributed by atoms with Crippen LogP contribution in [0.1, 0.15) is 78.1 Å². The zero-order valence-electron chi connectivity index (χ0n) is 14.4. The highest BCUT2D eigenvalue weighted by Gasteiger charge is 2.58. The zero-order chi connectivity index (χ0) is 15.5. The van der Waals surface area contributed by atoms with E-state index in [1.807, 2.05) is 0 Å². The maximum atomic E-state index is 10.7. The molecule has 2 nitrogen and oxygen atoms in total. The highest BCUT2D eigenvalue weighted by molar-refractivity contribution is 5.08. The monoisotopic (exact) mass is 306 g/mol. The van der Waals surface area contributed by atoms with Gasteiger partial charge in [-0.05, 0) is 92.3 Å². The van der Waals surface area contributed by atoms with Gasteiger partial charge >= 0.3 is 0 Å². The second kappa shape index (κ2) is 5.21. The Labute approximate surface area is 135 Å². The van der Waals surface area contributed by atoms with E-state index < -0.39 is 0 Å². The Balaban J connectivity index is 1.62. The first-order valence-electron chi connectivity index (χ1n) is 9.81. The van der Waals surface area contributed by atoms with Crippen molar-refractivity contribution in [3.8, 4) is 0 Å². The van der Waals surface area contributed by atoms with Gasteiger partial charge in [0.15, 0.2) is 0 Å². The van der Waals surface area contributed by atoms with E-state index in [1.165, 1.54) is 44.9 Å². The van der Waals surface area contributed by atoms with E-state index in [-0.39, 0.29) is 17.6 Å². The van der Waals surface area contributed by atoms with Crippen molar-refractivity contribution in [1.82, 2.24) is 0 Å². The molecule has 4 rings (SSSR count). The number of aliphatic hydroxyl groups excluding tert-OH is 2. The molecule has 2 N–H and O–H groups in total. The second-order valence-electron chi connectivity index (χ2n) is 9.58. The molecule has 0 heterocycles. The maximum absolute atomic E-state index is 10.7. The molecular formula is C20H34O2. The van der Waals surface area contributed by atoms with Crippen molar-refractivity contribution in [3.63, 3.8) is 0 Å². The molecule has 4 saturated carbocycles. The fraction of sp³-hybridized carbons (Fsp3) is 1.00. The van der Waals surface area contributed by atoms with Crippen LogP contribution >= 0.6 is 0 Å². The van der Waals surface area contributed by atoms with E-state index in [2.05, 4.69) is 13.8 Å². The summed E-state index contributed by atoms with van der Waals surface area (Å²) in [6, 6.07) is 0. The van der Waals surface area contributed by atoms with Crippen molar-refractivity contribution in [2.45, 2.75) is 90.3 Å². The number of fused-ring (bicyclic) bond motifs is 5. The Kier molecular flexibility index (Phi) is 3.66. The number of hydrogen-bond acceptors (Lipinski definition) is 2. The van der Waals surface area contributed by atoms with Crippen LogP contribution in [0.2, 0.25) is 0 Å². The molecule has 0 unspecified atom stereocenters. The highest BCUT2D eigenvalue weighted by atomic mass is 16.3. The Morgan fingerprint density at radius 3 is 2.32 bits per heavy atom. The Hall–Kier alpha value is -0.0800. The highest BCUT2D eigenvalue weighted by Crippen LogP contribution is 2.65. The smallest absolute Gasteiger partial charge is 0.0596 e. The lowest BCUT2D eigenvalue weighted by Gasteiger charge is -2.63. The molecule has 0 aliphatic heterocycles. The van der Waals surface area contributed by atoms with Crippen molar-refractivity contribution in [1.29, 1.82) is 0 Å². The summed E-state index contributed by atoms with van der Waals surface area (Å²) in [5.74, 6) is 3.18. The van der Waals surface area contributed by atoms with Gasteiger partial charge in [-0.2, -0.15) is 0 Å². The summed E-state index contributed by atoms with van der Waals surface area (Å²) in [6.07, 6.45) is 12.0. The van der Waals surface area contributed by atoms with Gasteiger partial charge in [-0.3, -0.25) is 0 Å². The number of hydrogen-bond donors (Lipinski definition) is 2. The predicted octanol–water partition coefficient (Wildman–Crippen LogP) is 4.14. The van der Waals surface area contributed by atoms with Gasteiger partial charge in [0.25, 0.3) is 0 Å². The van der Waals surface area contributed by atoms with Crippen LogP contribution in [0.4, 0.5) is 0 Å². The summed E-state index contributed by atoms with van der Waals surface area (Å²) in [5.41, 5.74) is 0.655. The number of aliphatic hydroxyl groups is 2. The average molecular weight is 306 g/mol. The molecule has 126 valence electrons. The average Bonchev–Trinajstić information content (AvgIpc) is 2.49. The fourth-order valence-electron chi connectivity index (χ4n) is 7.40. The van der Waals surface area contributed by atoms with Crippen LogP contribution in [0, 0.1) is 34.5 Å². The van der Waals surface area contributed by atoms with Gasteiger partial charge in [0.1, 0.15) is 0 Å². The third-order valence-electron chi connectivity index (χ3n) is 8.83. The molecule has 0 spiro atoms. The van der Waals surface area contributed by atoms with Gasteiger partial charge in [0.2, 0.25) is 0 Å². The Morgan fingerprint density at radius 2 is 1.50 bits per heavy atom. The van der Waals surface area contributed by atoms with E-state index in [1.54, 1.807) is 0 Å². The Bertz CT molecular complexity index is 435. The lowest BCUT2D eigenvalue weighted by atomic mass is 9.43. The molecule has 2 heteroatoms. The predicted molar refractivity (Wildman–Crippen MR) is 88.4 cm³/mol. The SMILES string of the molecule is C[C@@]12CC[C@H]3[C@@H](CC[C@H]4C[C@H](O)CC[C@]43C)[C@H]1CCC[C@@H]2O. The zero-order valence-corrected chi connectivity index (χ0v) is 14.4. The van der Waals surface area contributed by atoms with Crippen LogP contribution < -0.4 is 0 Å². The minimum absolute atomic E-state index is 0.0417. The first kappa shape index (κ1) is 15.4. The molecule has 4 fully saturated rings. The molecule has 4 aliphatic rings. The molecule has 22 heavy (non-hydrogen) atoms. The molecule has 0 aromatic heterocycles. The molecule has 8 atom stereocenters. The molecular weight excluding hydrogens is 272 g/mol. The van der Waals surface area contributed by atoms with Gasteiger partial charge in [-0.25, -0.2) is 0 Å².